The van der Waals surface area contributed by atoms with Crippen LogP contribution in [0, 0.1) is 0 Å². The maximum absolute atomic E-state index is 11.9. The summed E-state index contributed by atoms with van der Waals surface area (Å²) in [7, 11) is -1.42. The van der Waals surface area contributed by atoms with Crippen LogP contribution in [-0.2, 0) is 25.9 Å². The lowest BCUT2D eigenvalue weighted by atomic mass is 10.2. The third-order valence-corrected chi connectivity index (χ3v) is 8.37. The zero-order valence-electron chi connectivity index (χ0n) is 21.8. The van der Waals surface area contributed by atoms with Crippen LogP contribution in [0.5, 0.6) is 0 Å². The predicted molar refractivity (Wildman–Crippen MR) is 149 cm³/mol. The van der Waals surface area contributed by atoms with Gasteiger partial charge >= 0.3 is 5.97 Å². The summed E-state index contributed by atoms with van der Waals surface area (Å²) in [5.41, 5.74) is 1.85. The van der Waals surface area contributed by atoms with Gasteiger partial charge in [0, 0.05) is 49.2 Å². The lowest BCUT2D eigenvalue weighted by Crippen LogP contribution is -2.36. The third-order valence-electron chi connectivity index (χ3n) is 6.14. The fraction of sp³-hybridized carbons (Fsp3) is 0.346. The van der Waals surface area contributed by atoms with Crippen molar-refractivity contribution in [1.82, 2.24) is 19.9 Å². The average molecular weight is 569 g/mol. The minimum absolute atomic E-state index is 0.249. The Morgan fingerprint density at radius 2 is 1.82 bits per heavy atom. The van der Waals surface area contributed by atoms with Gasteiger partial charge < -0.3 is 19.3 Å². The Morgan fingerprint density at radius 3 is 2.46 bits per heavy atom. The zero-order chi connectivity index (χ0) is 27.6. The fourth-order valence-electron chi connectivity index (χ4n) is 4.15. The van der Waals surface area contributed by atoms with Crippen molar-refractivity contribution in [3.63, 3.8) is 0 Å². The SMILES string of the molecule is CCOC(=O)c1cnc(N(C)Cc2cc3nc(-c4ccc(S(C)(=O)=O)cc4)nc(N4CCOCC4)c3s2)nc1. The first-order valence-electron chi connectivity index (χ1n) is 12.4. The highest BCUT2D eigenvalue weighted by Crippen LogP contribution is 2.35. The smallest absolute Gasteiger partial charge is 0.341 e. The lowest BCUT2D eigenvalue weighted by Gasteiger charge is -2.28. The molecule has 4 heterocycles. The summed E-state index contributed by atoms with van der Waals surface area (Å²) in [6.07, 6.45) is 4.11. The van der Waals surface area contributed by atoms with Gasteiger partial charge in [-0.25, -0.2) is 33.1 Å². The zero-order valence-corrected chi connectivity index (χ0v) is 23.5. The number of carbonyl (C=O) groups is 1. The summed E-state index contributed by atoms with van der Waals surface area (Å²) in [5.74, 6) is 1.39. The first-order valence-corrected chi connectivity index (χ1v) is 15.1. The highest BCUT2D eigenvalue weighted by molar-refractivity contribution is 7.90. The van der Waals surface area contributed by atoms with Crippen LogP contribution < -0.4 is 9.80 Å². The number of aromatic nitrogens is 4. The molecule has 0 saturated carbocycles. The molecule has 0 amide bonds. The van der Waals surface area contributed by atoms with E-state index in [4.69, 9.17) is 19.4 Å². The molecule has 1 aliphatic rings. The van der Waals surface area contributed by atoms with Crippen LogP contribution in [0.15, 0.2) is 47.6 Å². The number of thiophene rings is 1. The van der Waals surface area contributed by atoms with Gasteiger partial charge in [-0.3, -0.25) is 0 Å². The molecular formula is C26H28N6O5S2. The van der Waals surface area contributed by atoms with E-state index >= 15 is 0 Å². The maximum atomic E-state index is 11.9. The van der Waals surface area contributed by atoms with Crippen LogP contribution in [0.25, 0.3) is 21.6 Å². The quantitative estimate of drug-likeness (QED) is 0.291. The van der Waals surface area contributed by atoms with Gasteiger partial charge in [0.25, 0.3) is 0 Å². The van der Waals surface area contributed by atoms with E-state index in [1.54, 1.807) is 42.5 Å². The van der Waals surface area contributed by atoms with Crippen LogP contribution >= 0.6 is 11.3 Å². The van der Waals surface area contributed by atoms with Gasteiger partial charge in [-0.15, -0.1) is 11.3 Å². The Labute approximate surface area is 230 Å². The van der Waals surface area contributed by atoms with Gasteiger partial charge in [-0.2, -0.15) is 0 Å². The molecule has 39 heavy (non-hydrogen) atoms. The number of rotatable bonds is 8. The lowest BCUT2D eigenvalue weighted by molar-refractivity contribution is 0.0525. The van der Waals surface area contributed by atoms with Gasteiger partial charge in [-0.05, 0) is 37.3 Å². The average Bonchev–Trinajstić information content (AvgIpc) is 3.35. The van der Waals surface area contributed by atoms with Crippen LogP contribution in [0.3, 0.4) is 0 Å². The first-order chi connectivity index (χ1) is 18.7. The van der Waals surface area contributed by atoms with Crippen molar-refractivity contribution in [2.45, 2.75) is 18.4 Å². The van der Waals surface area contributed by atoms with Crippen molar-refractivity contribution in [2.24, 2.45) is 0 Å². The molecule has 0 bridgehead atoms. The van der Waals surface area contributed by atoms with Crippen molar-refractivity contribution in [3.8, 4) is 11.4 Å². The number of ether oxygens (including phenoxy) is 2. The van der Waals surface area contributed by atoms with Gasteiger partial charge in [0.15, 0.2) is 21.5 Å². The molecular weight excluding hydrogens is 540 g/mol. The van der Waals surface area contributed by atoms with E-state index in [1.807, 2.05) is 18.0 Å². The van der Waals surface area contributed by atoms with Gasteiger partial charge in [0.1, 0.15) is 0 Å². The van der Waals surface area contributed by atoms with Gasteiger partial charge in [0.05, 0.1) is 47.0 Å². The van der Waals surface area contributed by atoms with E-state index in [2.05, 4.69) is 14.9 Å². The molecule has 13 heteroatoms. The molecule has 0 radical (unpaired) electrons. The number of sulfone groups is 1. The Morgan fingerprint density at radius 1 is 1.13 bits per heavy atom. The first kappa shape index (κ1) is 26.9. The molecule has 5 rings (SSSR count). The molecule has 0 atom stereocenters. The van der Waals surface area contributed by atoms with Crippen molar-refractivity contribution >= 4 is 49.1 Å². The standard InChI is InChI=1S/C26H28N6O5S2/c1-4-37-25(33)18-14-27-26(28-15-18)31(2)16-19-13-21-22(38-19)24(32-9-11-36-12-10-32)30-23(29-21)17-5-7-20(8-6-17)39(3,34)35/h5-8,13-15H,4,9-12,16H2,1-3H3. The summed E-state index contributed by atoms with van der Waals surface area (Å²) in [6.45, 7) is 5.22. The normalized spacial score (nSPS) is 14.0. The predicted octanol–water partition coefficient (Wildman–Crippen LogP) is 3.20. The van der Waals surface area contributed by atoms with Crippen molar-refractivity contribution < 1.29 is 22.7 Å². The topological polar surface area (TPSA) is 128 Å². The van der Waals surface area contributed by atoms with Crippen LogP contribution in [0.1, 0.15) is 22.2 Å². The number of nitrogens with zero attached hydrogens (tertiary/aromatic N) is 6. The van der Waals surface area contributed by atoms with Crippen molar-refractivity contribution in [1.29, 1.82) is 0 Å². The fourth-order valence-corrected chi connectivity index (χ4v) is 5.95. The summed E-state index contributed by atoms with van der Waals surface area (Å²) < 4.78 is 35.3. The van der Waals surface area contributed by atoms with E-state index in [9.17, 15) is 13.2 Å². The Kier molecular flexibility index (Phi) is 7.73. The minimum Gasteiger partial charge on any atom is -0.462 e. The highest BCUT2D eigenvalue weighted by Gasteiger charge is 2.21. The second-order valence-electron chi connectivity index (χ2n) is 9.04. The molecule has 1 fully saturated rings. The molecule has 0 spiro atoms. The van der Waals surface area contributed by atoms with Crippen molar-refractivity contribution in [3.05, 3.63) is 53.2 Å². The number of carbonyl (C=O) groups excluding carboxylic acids is 1. The molecule has 0 unspecified atom stereocenters. The molecule has 11 nitrogen and oxygen atoms in total. The third kappa shape index (κ3) is 6.00. The summed E-state index contributed by atoms with van der Waals surface area (Å²) in [4.78, 5) is 35.7. The van der Waals surface area contributed by atoms with E-state index in [0.717, 1.165) is 26.5 Å². The largest absolute Gasteiger partial charge is 0.462 e. The number of morpholine rings is 1. The number of hydrogen-bond acceptors (Lipinski definition) is 12. The van der Waals surface area contributed by atoms with E-state index < -0.39 is 15.8 Å². The molecule has 0 aliphatic carbocycles. The van der Waals surface area contributed by atoms with Gasteiger partial charge in [-0.1, -0.05) is 0 Å². The van der Waals surface area contributed by atoms with Gasteiger partial charge in [0.2, 0.25) is 5.95 Å². The number of fused-ring (bicyclic) bond motifs is 1. The molecule has 3 aromatic heterocycles. The molecule has 1 aliphatic heterocycles. The Bertz CT molecular complexity index is 1580. The highest BCUT2D eigenvalue weighted by atomic mass is 32.2. The number of anilines is 2. The molecule has 1 aromatic carbocycles. The number of hydrogen-bond donors (Lipinski definition) is 0. The van der Waals surface area contributed by atoms with E-state index in [0.29, 0.717) is 50.2 Å². The van der Waals surface area contributed by atoms with E-state index in [-0.39, 0.29) is 11.5 Å². The number of benzene rings is 1. The van der Waals surface area contributed by atoms with E-state index in [1.165, 1.54) is 18.6 Å². The number of esters is 1. The Hall–Kier alpha value is -3.68. The minimum atomic E-state index is -3.30. The Balaban J connectivity index is 1.46. The maximum Gasteiger partial charge on any atom is 0.341 e. The second-order valence-corrected chi connectivity index (χ2v) is 12.2. The van der Waals surface area contributed by atoms with Crippen LogP contribution in [0.4, 0.5) is 11.8 Å². The molecule has 1 saturated heterocycles. The molecule has 4 aromatic rings. The van der Waals surface area contributed by atoms with Crippen molar-refractivity contribution in [2.75, 3.05) is 56.0 Å². The van der Waals surface area contributed by atoms with Crippen LogP contribution in [0.2, 0.25) is 0 Å². The van der Waals surface area contributed by atoms with Crippen LogP contribution in [-0.4, -0.2) is 80.5 Å². The summed E-state index contributed by atoms with van der Waals surface area (Å²) in [5, 5.41) is 0. The summed E-state index contributed by atoms with van der Waals surface area (Å²) in [6, 6.07) is 8.66. The molecule has 204 valence electrons. The second kappa shape index (κ2) is 11.2. The molecule has 0 N–H and O–H groups in total. The summed E-state index contributed by atoms with van der Waals surface area (Å²) >= 11 is 1.61. The monoisotopic (exact) mass is 568 g/mol.